The SMILES string of the molecule is CC(C)(C)C(=O)Oc1ccc(OC[C@@H](O)CCCCNC(=O)N2CCOCC2)cc1. The average molecular weight is 423 g/mol. The number of amides is 2. The van der Waals surface area contributed by atoms with E-state index in [1.54, 1.807) is 49.9 Å². The minimum Gasteiger partial charge on any atom is -0.491 e. The van der Waals surface area contributed by atoms with E-state index in [-0.39, 0.29) is 18.6 Å². The Kier molecular flexibility index (Phi) is 9.39. The van der Waals surface area contributed by atoms with Gasteiger partial charge in [0.05, 0.1) is 24.7 Å². The van der Waals surface area contributed by atoms with Crippen molar-refractivity contribution in [2.24, 2.45) is 5.41 Å². The summed E-state index contributed by atoms with van der Waals surface area (Å²) in [5.74, 6) is 0.761. The molecule has 0 saturated carbocycles. The number of aliphatic hydroxyl groups is 1. The number of aliphatic hydroxyl groups excluding tert-OH is 1. The number of nitrogens with zero attached hydrogens (tertiary/aromatic N) is 1. The number of hydrogen-bond donors (Lipinski definition) is 2. The molecule has 2 N–H and O–H groups in total. The van der Waals surface area contributed by atoms with Crippen molar-refractivity contribution < 1.29 is 28.9 Å². The number of esters is 1. The number of benzene rings is 1. The second kappa shape index (κ2) is 11.8. The first kappa shape index (κ1) is 24.0. The van der Waals surface area contributed by atoms with Gasteiger partial charge in [-0.1, -0.05) is 0 Å². The number of unbranched alkanes of at least 4 members (excludes halogenated alkanes) is 1. The molecule has 8 nitrogen and oxygen atoms in total. The number of ether oxygens (including phenoxy) is 3. The van der Waals surface area contributed by atoms with Gasteiger partial charge in [0, 0.05) is 19.6 Å². The van der Waals surface area contributed by atoms with E-state index in [1.807, 2.05) is 0 Å². The molecule has 0 aliphatic carbocycles. The molecule has 2 rings (SSSR count). The van der Waals surface area contributed by atoms with Gasteiger partial charge in [-0.25, -0.2) is 4.79 Å². The fraction of sp³-hybridized carbons (Fsp3) is 0.636. The zero-order valence-electron chi connectivity index (χ0n) is 18.2. The van der Waals surface area contributed by atoms with Crippen molar-refractivity contribution >= 4 is 12.0 Å². The van der Waals surface area contributed by atoms with E-state index in [2.05, 4.69) is 5.32 Å². The van der Waals surface area contributed by atoms with Gasteiger partial charge in [0.1, 0.15) is 18.1 Å². The minimum atomic E-state index is -0.585. The van der Waals surface area contributed by atoms with Gasteiger partial charge in [0.25, 0.3) is 0 Å². The first-order valence-electron chi connectivity index (χ1n) is 10.5. The van der Waals surface area contributed by atoms with E-state index < -0.39 is 11.5 Å². The number of carbonyl (C=O) groups is 2. The average Bonchev–Trinajstić information content (AvgIpc) is 2.72. The fourth-order valence-corrected chi connectivity index (χ4v) is 2.72. The van der Waals surface area contributed by atoms with E-state index in [1.165, 1.54) is 0 Å². The molecule has 1 fully saturated rings. The van der Waals surface area contributed by atoms with Gasteiger partial charge in [0.2, 0.25) is 0 Å². The second-order valence-electron chi connectivity index (χ2n) is 8.40. The lowest BCUT2D eigenvalue weighted by Crippen LogP contribution is -2.46. The molecule has 1 saturated heterocycles. The van der Waals surface area contributed by atoms with Crippen LogP contribution in [-0.4, -0.2) is 67.6 Å². The fourth-order valence-electron chi connectivity index (χ4n) is 2.72. The molecule has 2 amide bonds. The standard InChI is InChI=1S/C22H34N2O6/c1-22(2,3)20(26)30-19-9-7-18(8-10-19)29-16-17(25)6-4-5-11-23-21(27)24-12-14-28-15-13-24/h7-10,17,25H,4-6,11-16H2,1-3H3,(H,23,27)/t17-/m0/s1. The van der Waals surface area contributed by atoms with Crippen LogP contribution in [0.3, 0.4) is 0 Å². The summed E-state index contributed by atoms with van der Waals surface area (Å²) in [4.78, 5) is 25.6. The molecule has 0 spiro atoms. The number of hydrogen-bond acceptors (Lipinski definition) is 6. The van der Waals surface area contributed by atoms with Gasteiger partial charge in [-0.05, 0) is 64.3 Å². The topological polar surface area (TPSA) is 97.3 Å². The summed E-state index contributed by atoms with van der Waals surface area (Å²) in [6, 6.07) is 6.70. The Morgan fingerprint density at radius 1 is 1.13 bits per heavy atom. The molecule has 1 aliphatic heterocycles. The third-order valence-electron chi connectivity index (χ3n) is 4.63. The molecule has 1 aromatic carbocycles. The Labute approximate surface area is 178 Å². The van der Waals surface area contributed by atoms with Crippen LogP contribution in [0.2, 0.25) is 0 Å². The first-order chi connectivity index (χ1) is 14.3. The summed E-state index contributed by atoms with van der Waals surface area (Å²) < 4.78 is 16.1. The number of urea groups is 1. The van der Waals surface area contributed by atoms with Gasteiger partial charge < -0.3 is 29.5 Å². The molecule has 0 aromatic heterocycles. The molecule has 1 atom stereocenters. The molecule has 1 heterocycles. The summed E-state index contributed by atoms with van der Waals surface area (Å²) >= 11 is 0. The number of nitrogens with one attached hydrogen (secondary N) is 1. The van der Waals surface area contributed by atoms with E-state index in [0.29, 0.717) is 50.8 Å². The zero-order chi connectivity index (χ0) is 22.0. The zero-order valence-corrected chi connectivity index (χ0v) is 18.2. The number of rotatable bonds is 9. The lowest BCUT2D eigenvalue weighted by molar-refractivity contribution is -0.143. The van der Waals surface area contributed by atoms with Gasteiger partial charge in [-0.15, -0.1) is 0 Å². The molecule has 0 unspecified atom stereocenters. The Morgan fingerprint density at radius 3 is 2.40 bits per heavy atom. The Morgan fingerprint density at radius 2 is 1.77 bits per heavy atom. The Bertz CT molecular complexity index is 665. The molecule has 1 aliphatic rings. The normalized spacial score (nSPS) is 15.4. The van der Waals surface area contributed by atoms with E-state index in [0.717, 1.165) is 12.8 Å². The van der Waals surface area contributed by atoms with Crippen LogP contribution in [0.1, 0.15) is 40.0 Å². The van der Waals surface area contributed by atoms with Crippen LogP contribution < -0.4 is 14.8 Å². The summed E-state index contributed by atoms with van der Waals surface area (Å²) in [6.45, 7) is 8.59. The van der Waals surface area contributed by atoms with Crippen LogP contribution in [0.4, 0.5) is 4.79 Å². The summed E-state index contributed by atoms with van der Waals surface area (Å²) in [5.41, 5.74) is -0.565. The van der Waals surface area contributed by atoms with Crippen LogP contribution in [0.5, 0.6) is 11.5 Å². The van der Waals surface area contributed by atoms with Crippen molar-refractivity contribution in [3.05, 3.63) is 24.3 Å². The van der Waals surface area contributed by atoms with Crippen LogP contribution >= 0.6 is 0 Å². The van der Waals surface area contributed by atoms with Gasteiger partial charge in [-0.2, -0.15) is 0 Å². The van der Waals surface area contributed by atoms with Crippen LogP contribution in [0, 0.1) is 5.41 Å². The Hall–Kier alpha value is -2.32. The first-order valence-corrected chi connectivity index (χ1v) is 10.5. The van der Waals surface area contributed by atoms with E-state index in [9.17, 15) is 14.7 Å². The third-order valence-corrected chi connectivity index (χ3v) is 4.63. The second-order valence-corrected chi connectivity index (χ2v) is 8.40. The maximum absolute atomic E-state index is 11.9. The van der Waals surface area contributed by atoms with Crippen molar-refractivity contribution in [1.29, 1.82) is 0 Å². The van der Waals surface area contributed by atoms with Crippen LogP contribution in [-0.2, 0) is 9.53 Å². The molecular formula is C22H34N2O6. The molecule has 1 aromatic rings. The lowest BCUT2D eigenvalue weighted by Gasteiger charge is -2.26. The minimum absolute atomic E-state index is 0.0567. The third kappa shape index (κ3) is 8.59. The molecular weight excluding hydrogens is 388 g/mol. The van der Waals surface area contributed by atoms with Gasteiger partial charge in [-0.3, -0.25) is 4.79 Å². The Balaban J connectivity index is 1.57. The van der Waals surface area contributed by atoms with E-state index in [4.69, 9.17) is 14.2 Å². The number of carbonyl (C=O) groups excluding carboxylic acids is 2. The monoisotopic (exact) mass is 422 g/mol. The van der Waals surface area contributed by atoms with Crippen molar-refractivity contribution in [3.63, 3.8) is 0 Å². The van der Waals surface area contributed by atoms with Crippen molar-refractivity contribution in [1.82, 2.24) is 10.2 Å². The largest absolute Gasteiger partial charge is 0.491 e. The molecule has 0 radical (unpaired) electrons. The highest BCUT2D eigenvalue weighted by Crippen LogP contribution is 2.22. The highest BCUT2D eigenvalue weighted by atomic mass is 16.5. The number of morpholine rings is 1. The summed E-state index contributed by atoms with van der Waals surface area (Å²) in [5, 5.41) is 13.0. The van der Waals surface area contributed by atoms with Crippen molar-refractivity contribution in [2.75, 3.05) is 39.5 Å². The predicted octanol–water partition coefficient (Wildman–Crippen LogP) is 2.59. The van der Waals surface area contributed by atoms with E-state index >= 15 is 0 Å². The maximum atomic E-state index is 11.9. The molecule has 30 heavy (non-hydrogen) atoms. The predicted molar refractivity (Wildman–Crippen MR) is 113 cm³/mol. The smallest absolute Gasteiger partial charge is 0.317 e. The van der Waals surface area contributed by atoms with Crippen molar-refractivity contribution in [2.45, 2.75) is 46.1 Å². The molecule has 8 heteroatoms. The molecule has 168 valence electrons. The van der Waals surface area contributed by atoms with Gasteiger partial charge >= 0.3 is 12.0 Å². The van der Waals surface area contributed by atoms with Crippen molar-refractivity contribution in [3.8, 4) is 11.5 Å². The highest BCUT2D eigenvalue weighted by Gasteiger charge is 2.23. The van der Waals surface area contributed by atoms with Gasteiger partial charge in [0.15, 0.2) is 0 Å². The van der Waals surface area contributed by atoms with Crippen LogP contribution in [0.15, 0.2) is 24.3 Å². The summed E-state index contributed by atoms with van der Waals surface area (Å²) in [7, 11) is 0. The summed E-state index contributed by atoms with van der Waals surface area (Å²) in [6.07, 6.45) is 1.59. The van der Waals surface area contributed by atoms with Crippen LogP contribution in [0.25, 0.3) is 0 Å². The quantitative estimate of drug-likeness (QED) is 0.361. The molecule has 0 bridgehead atoms. The maximum Gasteiger partial charge on any atom is 0.317 e. The lowest BCUT2D eigenvalue weighted by atomic mass is 9.97. The highest BCUT2D eigenvalue weighted by molar-refractivity contribution is 5.77.